The van der Waals surface area contributed by atoms with E-state index in [2.05, 4.69) is 10.6 Å². The van der Waals surface area contributed by atoms with Gasteiger partial charge in [0, 0.05) is 11.7 Å². The van der Waals surface area contributed by atoms with Gasteiger partial charge in [0.25, 0.3) is 0 Å². The molecule has 0 heterocycles. The fourth-order valence-corrected chi connectivity index (χ4v) is 2.74. The topological polar surface area (TPSA) is 64.9 Å². The molecule has 2 N–H and O–H groups in total. The zero-order chi connectivity index (χ0) is 16.9. The molecule has 2 rings (SSSR count). The van der Waals surface area contributed by atoms with Crippen LogP contribution in [0.15, 0.2) is 24.3 Å². The van der Waals surface area contributed by atoms with Gasteiger partial charge in [0.05, 0.1) is 24.1 Å². The molecule has 0 radical (unpaired) electrons. The molecule has 23 heavy (non-hydrogen) atoms. The summed E-state index contributed by atoms with van der Waals surface area (Å²) in [6, 6.07) is 8.15. The van der Waals surface area contributed by atoms with E-state index in [0.717, 1.165) is 0 Å². The Balaban J connectivity index is 1.79. The average molecular weight is 325 g/mol. The molecule has 0 unspecified atom stereocenters. The van der Waals surface area contributed by atoms with Crippen LogP contribution in [0.3, 0.4) is 0 Å². The molecule has 1 aromatic carbocycles. The number of carbonyl (C=O) groups is 1. The Morgan fingerprint density at radius 3 is 2.57 bits per heavy atom. The summed E-state index contributed by atoms with van der Waals surface area (Å²) >= 11 is 0. The lowest BCUT2D eigenvalue weighted by atomic mass is 9.85. The predicted octanol–water partition coefficient (Wildman–Crippen LogP) is 3.21. The van der Waals surface area contributed by atoms with E-state index < -0.39 is 18.1 Å². The van der Waals surface area contributed by atoms with Gasteiger partial charge in [-0.3, -0.25) is 4.79 Å². The molecule has 1 saturated carbocycles. The quantitative estimate of drug-likeness (QED) is 0.893. The fourth-order valence-electron chi connectivity index (χ4n) is 2.74. The van der Waals surface area contributed by atoms with Crippen molar-refractivity contribution in [3.05, 3.63) is 29.8 Å². The lowest BCUT2D eigenvalue weighted by Crippen LogP contribution is -2.43. The van der Waals surface area contributed by atoms with E-state index in [4.69, 9.17) is 5.26 Å². The Morgan fingerprint density at radius 1 is 1.26 bits per heavy atom. The van der Waals surface area contributed by atoms with Crippen molar-refractivity contribution in [2.24, 2.45) is 5.92 Å². The molecule has 1 aliphatic carbocycles. The molecule has 0 aromatic heterocycles. The minimum Gasteiger partial charge on any atom is -0.376 e. The molecule has 1 fully saturated rings. The molecule has 124 valence electrons. The Hall–Kier alpha value is -2.23. The highest BCUT2D eigenvalue weighted by atomic mass is 19.4. The van der Waals surface area contributed by atoms with Gasteiger partial charge in [-0.1, -0.05) is 6.42 Å². The number of benzene rings is 1. The molecule has 1 aliphatic rings. The molecular weight excluding hydrogens is 307 g/mol. The summed E-state index contributed by atoms with van der Waals surface area (Å²) in [7, 11) is 0. The maximum atomic E-state index is 12.7. The van der Waals surface area contributed by atoms with Crippen LogP contribution in [0.5, 0.6) is 0 Å². The number of hydrogen-bond donors (Lipinski definition) is 2. The summed E-state index contributed by atoms with van der Waals surface area (Å²) < 4.78 is 38.2. The van der Waals surface area contributed by atoms with E-state index in [9.17, 15) is 18.0 Å². The molecule has 1 aromatic rings. The Bertz CT molecular complexity index is 578. The Morgan fingerprint density at radius 2 is 1.96 bits per heavy atom. The van der Waals surface area contributed by atoms with Crippen molar-refractivity contribution in [1.82, 2.24) is 5.32 Å². The van der Waals surface area contributed by atoms with Crippen LogP contribution in [0.4, 0.5) is 18.9 Å². The van der Waals surface area contributed by atoms with Crippen LogP contribution in [0.1, 0.15) is 31.2 Å². The minimum absolute atomic E-state index is 0.0148. The molecule has 7 heteroatoms. The normalized spacial score (nSPS) is 21.3. The maximum absolute atomic E-state index is 12.7. The second-order valence-corrected chi connectivity index (χ2v) is 5.71. The van der Waals surface area contributed by atoms with E-state index in [1.165, 1.54) is 0 Å². The maximum Gasteiger partial charge on any atom is 0.391 e. The number of anilines is 1. The molecule has 2 atom stereocenters. The summed E-state index contributed by atoms with van der Waals surface area (Å²) in [6.07, 6.45) is -3.05. The van der Waals surface area contributed by atoms with E-state index in [0.29, 0.717) is 24.1 Å². The van der Waals surface area contributed by atoms with Crippen molar-refractivity contribution in [3.63, 3.8) is 0 Å². The number of hydrogen-bond acceptors (Lipinski definition) is 3. The number of carbonyl (C=O) groups excluding carboxylic acids is 1. The second-order valence-electron chi connectivity index (χ2n) is 5.71. The molecule has 0 saturated heterocycles. The summed E-state index contributed by atoms with van der Waals surface area (Å²) in [5, 5.41) is 14.2. The fraction of sp³-hybridized carbons (Fsp3) is 0.500. The third kappa shape index (κ3) is 5.16. The number of nitrogens with zero attached hydrogens (tertiary/aromatic N) is 1. The third-order valence-electron chi connectivity index (χ3n) is 3.97. The van der Waals surface area contributed by atoms with Crippen LogP contribution in [-0.2, 0) is 4.79 Å². The molecule has 0 spiro atoms. The zero-order valence-corrected chi connectivity index (χ0v) is 12.5. The van der Waals surface area contributed by atoms with Crippen molar-refractivity contribution in [3.8, 4) is 6.07 Å². The first kappa shape index (κ1) is 17.1. The minimum atomic E-state index is -4.19. The van der Waals surface area contributed by atoms with Gasteiger partial charge in [0.1, 0.15) is 0 Å². The van der Waals surface area contributed by atoms with Gasteiger partial charge in [-0.05, 0) is 43.5 Å². The first-order valence-corrected chi connectivity index (χ1v) is 7.48. The lowest BCUT2D eigenvalue weighted by molar-refractivity contribution is -0.184. The van der Waals surface area contributed by atoms with Gasteiger partial charge in [0.2, 0.25) is 5.91 Å². The van der Waals surface area contributed by atoms with Gasteiger partial charge in [-0.2, -0.15) is 18.4 Å². The largest absolute Gasteiger partial charge is 0.391 e. The summed E-state index contributed by atoms with van der Waals surface area (Å²) in [5.74, 6) is -1.66. The van der Waals surface area contributed by atoms with E-state index >= 15 is 0 Å². The monoisotopic (exact) mass is 325 g/mol. The van der Waals surface area contributed by atoms with Crippen molar-refractivity contribution in [2.45, 2.75) is 37.9 Å². The van der Waals surface area contributed by atoms with Crippen LogP contribution < -0.4 is 10.6 Å². The van der Waals surface area contributed by atoms with E-state index in [-0.39, 0.29) is 25.3 Å². The highest BCUT2D eigenvalue weighted by Gasteiger charge is 2.42. The van der Waals surface area contributed by atoms with Gasteiger partial charge in [0.15, 0.2) is 0 Å². The summed E-state index contributed by atoms with van der Waals surface area (Å²) in [4.78, 5) is 11.9. The number of rotatable bonds is 4. The van der Waals surface area contributed by atoms with Crippen molar-refractivity contribution in [1.29, 1.82) is 5.26 Å². The van der Waals surface area contributed by atoms with Crippen molar-refractivity contribution >= 4 is 11.6 Å². The first-order chi connectivity index (χ1) is 10.9. The number of alkyl halides is 3. The van der Waals surface area contributed by atoms with Crippen LogP contribution in [0.25, 0.3) is 0 Å². The SMILES string of the molecule is N#Cc1ccc(NCC(=O)N[C@H]2CCC[C@@H](C(F)(F)F)C2)cc1. The standard InChI is InChI=1S/C16H18F3N3O/c17-16(18,19)12-2-1-3-14(8-12)22-15(23)10-21-13-6-4-11(9-20)5-7-13/h4-7,12,14,21H,1-3,8,10H2,(H,22,23)/t12-,14+/m1/s1. The highest BCUT2D eigenvalue weighted by molar-refractivity contribution is 5.81. The second kappa shape index (κ2) is 7.36. The highest BCUT2D eigenvalue weighted by Crippen LogP contribution is 2.37. The first-order valence-electron chi connectivity index (χ1n) is 7.48. The molecular formula is C16H18F3N3O. The van der Waals surface area contributed by atoms with Crippen molar-refractivity contribution in [2.75, 3.05) is 11.9 Å². The summed E-state index contributed by atoms with van der Waals surface area (Å²) in [6.45, 7) is -0.0148. The summed E-state index contributed by atoms with van der Waals surface area (Å²) in [5.41, 5.74) is 1.19. The smallest absolute Gasteiger partial charge is 0.376 e. The van der Waals surface area contributed by atoms with E-state index in [1.807, 2.05) is 6.07 Å². The van der Waals surface area contributed by atoms with Gasteiger partial charge >= 0.3 is 6.18 Å². The molecule has 4 nitrogen and oxygen atoms in total. The van der Waals surface area contributed by atoms with Gasteiger partial charge < -0.3 is 10.6 Å². The van der Waals surface area contributed by atoms with Crippen LogP contribution in [0.2, 0.25) is 0 Å². The van der Waals surface area contributed by atoms with Gasteiger partial charge in [-0.15, -0.1) is 0 Å². The molecule has 0 aliphatic heterocycles. The number of amides is 1. The Labute approximate surface area is 132 Å². The number of nitrogens with one attached hydrogen (secondary N) is 2. The zero-order valence-electron chi connectivity index (χ0n) is 12.5. The van der Waals surface area contributed by atoms with E-state index in [1.54, 1.807) is 24.3 Å². The molecule has 1 amide bonds. The van der Waals surface area contributed by atoms with Crippen LogP contribution in [-0.4, -0.2) is 24.7 Å². The van der Waals surface area contributed by atoms with Crippen LogP contribution >= 0.6 is 0 Å². The lowest BCUT2D eigenvalue weighted by Gasteiger charge is -2.31. The molecule has 0 bridgehead atoms. The third-order valence-corrected chi connectivity index (χ3v) is 3.97. The number of nitriles is 1. The van der Waals surface area contributed by atoms with Crippen molar-refractivity contribution < 1.29 is 18.0 Å². The van der Waals surface area contributed by atoms with Crippen LogP contribution in [0, 0.1) is 17.2 Å². The predicted molar refractivity (Wildman–Crippen MR) is 79.6 cm³/mol. The average Bonchev–Trinajstić information content (AvgIpc) is 2.53. The Kier molecular flexibility index (Phi) is 5.48. The van der Waals surface area contributed by atoms with Gasteiger partial charge in [-0.25, -0.2) is 0 Å². The number of halogens is 3.